The molecule has 0 radical (unpaired) electrons. The number of rotatable bonds is 10. The molecule has 120 valence electrons. The van der Waals surface area contributed by atoms with E-state index in [0.717, 1.165) is 0 Å². The van der Waals surface area contributed by atoms with Crippen molar-refractivity contribution in [1.29, 1.82) is 0 Å². The van der Waals surface area contributed by atoms with E-state index in [9.17, 15) is 8.42 Å². The number of hydrogen-bond donors (Lipinski definition) is 1. The minimum atomic E-state index is -3.69. The summed E-state index contributed by atoms with van der Waals surface area (Å²) in [6, 6.07) is 0. The molecule has 0 aliphatic carbocycles. The van der Waals surface area contributed by atoms with Crippen molar-refractivity contribution in [3.63, 3.8) is 0 Å². The summed E-state index contributed by atoms with van der Waals surface area (Å²) in [6.07, 6.45) is 2.40. The van der Waals surface area contributed by atoms with Gasteiger partial charge in [0.05, 0.1) is 25.6 Å². The first-order chi connectivity index (χ1) is 10.0. The van der Waals surface area contributed by atoms with Crippen molar-refractivity contribution in [2.75, 3.05) is 45.3 Å². The third kappa shape index (κ3) is 5.54. The molecular weight excluding hydrogens is 296 g/mol. The zero-order valence-corrected chi connectivity index (χ0v) is 13.2. The molecule has 0 amide bonds. The Kier molecular flexibility index (Phi) is 7.51. The Labute approximate surface area is 125 Å². The standard InChI is InChI=1S/C12H22N4O4S/c1-3-19-7-5-16(6-8-20-4-2)21(17,18)11-9-14-12(13)15-10-11/h9-10H,3-8H2,1-2H3,(H2,13,14,15). The highest BCUT2D eigenvalue weighted by molar-refractivity contribution is 7.89. The topological polar surface area (TPSA) is 108 Å². The minimum Gasteiger partial charge on any atom is -0.380 e. The number of sulfonamides is 1. The molecule has 0 saturated heterocycles. The Morgan fingerprint density at radius 3 is 2.00 bits per heavy atom. The lowest BCUT2D eigenvalue weighted by Gasteiger charge is -2.21. The first-order valence-corrected chi connectivity index (χ1v) is 8.19. The van der Waals surface area contributed by atoms with Crippen LogP contribution in [0.3, 0.4) is 0 Å². The molecule has 0 saturated carbocycles. The van der Waals surface area contributed by atoms with Crippen molar-refractivity contribution in [1.82, 2.24) is 14.3 Å². The van der Waals surface area contributed by atoms with Crippen LogP contribution in [0.25, 0.3) is 0 Å². The summed E-state index contributed by atoms with van der Waals surface area (Å²) in [5.74, 6) is 0.0316. The highest BCUT2D eigenvalue weighted by Gasteiger charge is 2.24. The van der Waals surface area contributed by atoms with E-state index in [4.69, 9.17) is 15.2 Å². The monoisotopic (exact) mass is 318 g/mol. The van der Waals surface area contributed by atoms with Gasteiger partial charge in [0, 0.05) is 26.3 Å². The maximum absolute atomic E-state index is 12.5. The molecule has 21 heavy (non-hydrogen) atoms. The number of aromatic nitrogens is 2. The van der Waals surface area contributed by atoms with Gasteiger partial charge in [-0.2, -0.15) is 4.31 Å². The van der Waals surface area contributed by atoms with Crippen molar-refractivity contribution in [2.45, 2.75) is 18.7 Å². The van der Waals surface area contributed by atoms with E-state index in [2.05, 4.69) is 9.97 Å². The SMILES string of the molecule is CCOCCN(CCOCC)S(=O)(=O)c1cnc(N)nc1. The molecule has 0 aliphatic rings. The lowest BCUT2D eigenvalue weighted by atomic mass is 10.6. The van der Waals surface area contributed by atoms with Gasteiger partial charge in [-0.05, 0) is 13.8 Å². The Balaban J connectivity index is 2.84. The minimum absolute atomic E-state index is 0.00435. The van der Waals surface area contributed by atoms with Crippen LogP contribution < -0.4 is 5.73 Å². The molecule has 8 nitrogen and oxygen atoms in total. The molecule has 0 bridgehead atoms. The van der Waals surface area contributed by atoms with Crippen LogP contribution in [0.15, 0.2) is 17.3 Å². The van der Waals surface area contributed by atoms with Crippen LogP contribution in [0.4, 0.5) is 5.95 Å². The number of hydrogen-bond acceptors (Lipinski definition) is 7. The number of ether oxygens (including phenoxy) is 2. The van der Waals surface area contributed by atoms with Gasteiger partial charge < -0.3 is 15.2 Å². The maximum Gasteiger partial charge on any atom is 0.246 e. The van der Waals surface area contributed by atoms with Crippen LogP contribution in [0.2, 0.25) is 0 Å². The fourth-order valence-corrected chi connectivity index (χ4v) is 2.88. The molecule has 1 aromatic rings. The Bertz CT molecular complexity index is 496. The van der Waals surface area contributed by atoms with Crippen LogP contribution in [-0.2, 0) is 19.5 Å². The molecule has 1 rings (SSSR count). The highest BCUT2D eigenvalue weighted by atomic mass is 32.2. The first-order valence-electron chi connectivity index (χ1n) is 6.75. The fraction of sp³-hybridized carbons (Fsp3) is 0.667. The van der Waals surface area contributed by atoms with Crippen molar-refractivity contribution < 1.29 is 17.9 Å². The average molecular weight is 318 g/mol. The number of anilines is 1. The van der Waals surface area contributed by atoms with Gasteiger partial charge in [0.25, 0.3) is 0 Å². The summed E-state index contributed by atoms with van der Waals surface area (Å²) in [7, 11) is -3.69. The van der Waals surface area contributed by atoms with Crippen molar-refractivity contribution in [3.05, 3.63) is 12.4 Å². The second kappa shape index (κ2) is 8.88. The predicted octanol–water partition coefficient (Wildman–Crippen LogP) is 0.123. The summed E-state index contributed by atoms with van der Waals surface area (Å²) >= 11 is 0. The third-order valence-corrected chi connectivity index (χ3v) is 4.52. The smallest absolute Gasteiger partial charge is 0.246 e. The molecule has 1 heterocycles. The average Bonchev–Trinajstić information content (AvgIpc) is 2.46. The summed E-state index contributed by atoms with van der Waals surface area (Å²) in [5, 5.41) is 0. The molecule has 0 unspecified atom stereocenters. The Morgan fingerprint density at radius 1 is 1.10 bits per heavy atom. The van der Waals surface area contributed by atoms with E-state index < -0.39 is 10.0 Å². The van der Waals surface area contributed by atoms with E-state index >= 15 is 0 Å². The number of nitrogens with two attached hydrogens (primary N) is 1. The maximum atomic E-state index is 12.5. The second-order valence-corrected chi connectivity index (χ2v) is 6.01. The molecule has 0 aliphatic heterocycles. The van der Waals surface area contributed by atoms with Crippen LogP contribution in [0.5, 0.6) is 0 Å². The molecule has 0 fully saturated rings. The number of nitrogens with zero attached hydrogens (tertiary/aromatic N) is 3. The van der Waals surface area contributed by atoms with Crippen molar-refractivity contribution >= 4 is 16.0 Å². The second-order valence-electron chi connectivity index (χ2n) is 4.07. The lowest BCUT2D eigenvalue weighted by Crippen LogP contribution is -2.37. The molecule has 0 spiro atoms. The van der Waals surface area contributed by atoms with Gasteiger partial charge in [0.2, 0.25) is 16.0 Å². The van der Waals surface area contributed by atoms with Crippen LogP contribution >= 0.6 is 0 Å². The highest BCUT2D eigenvalue weighted by Crippen LogP contribution is 2.13. The van der Waals surface area contributed by atoms with Crippen molar-refractivity contribution in [2.24, 2.45) is 0 Å². The summed E-state index contributed by atoms with van der Waals surface area (Å²) in [4.78, 5) is 7.44. The lowest BCUT2D eigenvalue weighted by molar-refractivity contribution is 0.110. The molecule has 9 heteroatoms. The van der Waals surface area contributed by atoms with E-state index in [0.29, 0.717) is 26.4 Å². The van der Waals surface area contributed by atoms with Gasteiger partial charge >= 0.3 is 0 Å². The molecule has 2 N–H and O–H groups in total. The molecule has 0 atom stereocenters. The van der Waals surface area contributed by atoms with Gasteiger partial charge in [0.15, 0.2) is 0 Å². The quantitative estimate of drug-likeness (QED) is 0.610. The normalized spacial score (nSPS) is 12.0. The predicted molar refractivity (Wildman–Crippen MR) is 78.2 cm³/mol. The van der Waals surface area contributed by atoms with E-state index in [1.165, 1.54) is 16.7 Å². The van der Waals surface area contributed by atoms with Crippen LogP contribution in [0.1, 0.15) is 13.8 Å². The Hall–Kier alpha value is -1.29. The molecular formula is C12H22N4O4S. The first kappa shape index (κ1) is 17.8. The van der Waals surface area contributed by atoms with Gasteiger partial charge in [-0.3, -0.25) is 0 Å². The van der Waals surface area contributed by atoms with Gasteiger partial charge in [-0.15, -0.1) is 0 Å². The molecule has 1 aromatic heterocycles. The summed E-state index contributed by atoms with van der Waals surface area (Å²) < 4.78 is 36.8. The molecule has 0 aromatic carbocycles. The fourth-order valence-electron chi connectivity index (χ4n) is 1.58. The van der Waals surface area contributed by atoms with Gasteiger partial charge in [0.1, 0.15) is 4.90 Å². The van der Waals surface area contributed by atoms with Crippen molar-refractivity contribution in [3.8, 4) is 0 Å². The van der Waals surface area contributed by atoms with Crippen LogP contribution in [0, 0.1) is 0 Å². The Morgan fingerprint density at radius 2 is 1.57 bits per heavy atom. The third-order valence-electron chi connectivity index (χ3n) is 2.66. The largest absolute Gasteiger partial charge is 0.380 e. The van der Waals surface area contributed by atoms with Gasteiger partial charge in [-0.25, -0.2) is 18.4 Å². The summed E-state index contributed by atoms with van der Waals surface area (Å²) in [5.41, 5.74) is 5.37. The van der Waals surface area contributed by atoms with E-state index in [-0.39, 0.29) is 23.9 Å². The summed E-state index contributed by atoms with van der Waals surface area (Å²) in [6.45, 7) is 5.89. The van der Waals surface area contributed by atoms with E-state index in [1.54, 1.807) is 0 Å². The number of nitrogen functional groups attached to an aromatic ring is 1. The van der Waals surface area contributed by atoms with Crippen LogP contribution in [-0.4, -0.2) is 62.2 Å². The van der Waals surface area contributed by atoms with Gasteiger partial charge in [-0.1, -0.05) is 0 Å². The van der Waals surface area contributed by atoms with E-state index in [1.807, 2.05) is 13.8 Å². The zero-order chi connectivity index (χ0) is 15.7. The zero-order valence-electron chi connectivity index (χ0n) is 12.4.